The second-order valence-electron chi connectivity index (χ2n) is 8.34. The Morgan fingerprint density at radius 1 is 1.14 bits per heavy atom. The molecule has 1 atom stereocenters. The number of para-hydroxylation sites is 1. The molecule has 6 rings (SSSR count). The molecule has 0 amide bonds. The van der Waals surface area contributed by atoms with Gasteiger partial charge in [0.1, 0.15) is 40.8 Å². The molecule has 11 nitrogen and oxygen atoms in total. The number of nitrogens with two attached hydrogens (primary N) is 1. The molecular formula is C24H21FN10O. The minimum Gasteiger partial charge on any atom is -0.497 e. The molecule has 0 spiro atoms. The highest BCUT2D eigenvalue weighted by molar-refractivity contribution is 6.05. The molecule has 0 radical (unpaired) electrons. The number of ether oxygens (including phenoxy) is 1. The lowest BCUT2D eigenvalue weighted by molar-refractivity contribution is 0.415. The Labute approximate surface area is 203 Å². The molecule has 2 aromatic carbocycles. The number of fused-ring (bicyclic) bond motifs is 2. The Morgan fingerprint density at radius 3 is 2.78 bits per heavy atom. The summed E-state index contributed by atoms with van der Waals surface area (Å²) in [7, 11) is 3.47. The Kier molecular flexibility index (Phi) is 4.88. The normalized spacial score (nSPS) is 12.4. The lowest BCUT2D eigenvalue weighted by atomic mass is 10.0. The number of methoxy groups -OCH3 is 1. The summed E-state index contributed by atoms with van der Waals surface area (Å²) in [4.78, 5) is 8.69. The molecule has 6 aromatic rings. The second-order valence-corrected chi connectivity index (χ2v) is 8.34. The van der Waals surface area contributed by atoms with E-state index in [1.807, 2.05) is 26.1 Å². The van der Waals surface area contributed by atoms with Gasteiger partial charge in [0.15, 0.2) is 5.65 Å². The summed E-state index contributed by atoms with van der Waals surface area (Å²) in [5.74, 6) is 0.552. The predicted octanol–water partition coefficient (Wildman–Crippen LogP) is 3.30. The van der Waals surface area contributed by atoms with Gasteiger partial charge in [-0.15, -0.1) is 5.10 Å². The fraction of sp³-hybridized carbons (Fsp3) is 0.167. The minimum atomic E-state index is -0.397. The third-order valence-electron chi connectivity index (χ3n) is 6.25. The van der Waals surface area contributed by atoms with Gasteiger partial charge >= 0.3 is 0 Å². The van der Waals surface area contributed by atoms with Crippen LogP contribution in [0, 0.1) is 5.82 Å². The van der Waals surface area contributed by atoms with Crippen LogP contribution in [0.2, 0.25) is 0 Å². The molecule has 1 unspecified atom stereocenters. The Bertz CT molecular complexity index is 1750. The standard InChI is InChI=1S/C24H21FN10O/c1-13(18-11-34(32-30-18)19-7-5-4-6-17(19)25)35-24-21(23(26)27-12-28-24)22(31-35)15-8-14(36-3)9-20-16(15)10-29-33(20)2/h4-13H,1-3H3,(H2,26,27,28). The third kappa shape index (κ3) is 3.26. The van der Waals surface area contributed by atoms with Gasteiger partial charge in [0.05, 0.1) is 36.4 Å². The van der Waals surface area contributed by atoms with Crippen LogP contribution in [0.5, 0.6) is 5.75 Å². The van der Waals surface area contributed by atoms with Crippen molar-refractivity contribution in [1.82, 2.24) is 44.5 Å². The number of hydrogen-bond acceptors (Lipinski definition) is 8. The lowest BCUT2D eigenvalue weighted by Gasteiger charge is -2.09. The first kappa shape index (κ1) is 21.6. The fourth-order valence-corrected chi connectivity index (χ4v) is 4.34. The molecule has 4 heterocycles. The molecule has 0 fully saturated rings. The smallest absolute Gasteiger partial charge is 0.164 e. The first-order valence-electron chi connectivity index (χ1n) is 11.1. The summed E-state index contributed by atoms with van der Waals surface area (Å²) < 4.78 is 24.7. The summed E-state index contributed by atoms with van der Waals surface area (Å²) in [5.41, 5.74) is 9.99. The number of anilines is 1. The highest BCUT2D eigenvalue weighted by Gasteiger charge is 2.25. The van der Waals surface area contributed by atoms with Gasteiger partial charge in [-0.2, -0.15) is 10.2 Å². The first-order chi connectivity index (χ1) is 17.5. The predicted molar refractivity (Wildman–Crippen MR) is 131 cm³/mol. The van der Waals surface area contributed by atoms with Crippen LogP contribution in [0.1, 0.15) is 18.7 Å². The van der Waals surface area contributed by atoms with Gasteiger partial charge in [-0.05, 0) is 25.1 Å². The number of rotatable bonds is 5. The topological polar surface area (TPSA) is 127 Å². The average Bonchev–Trinajstić information content (AvgIpc) is 3.62. The van der Waals surface area contributed by atoms with Crippen LogP contribution >= 0.6 is 0 Å². The highest BCUT2D eigenvalue weighted by Crippen LogP contribution is 2.38. The number of halogens is 1. The lowest BCUT2D eigenvalue weighted by Crippen LogP contribution is -2.10. The minimum absolute atomic E-state index is 0.295. The summed E-state index contributed by atoms with van der Waals surface area (Å²) in [6, 6.07) is 9.78. The molecule has 0 saturated heterocycles. The zero-order valence-electron chi connectivity index (χ0n) is 19.7. The van der Waals surface area contributed by atoms with Crippen molar-refractivity contribution >= 4 is 27.8 Å². The molecule has 0 aliphatic heterocycles. The van der Waals surface area contributed by atoms with Gasteiger partial charge in [0.25, 0.3) is 0 Å². The van der Waals surface area contributed by atoms with Crippen LogP contribution in [0.3, 0.4) is 0 Å². The summed E-state index contributed by atoms with van der Waals surface area (Å²) in [6.07, 6.45) is 4.85. The number of aryl methyl sites for hydroxylation is 1. The maximum absolute atomic E-state index is 14.3. The van der Waals surface area contributed by atoms with Crippen LogP contribution < -0.4 is 10.5 Å². The van der Waals surface area contributed by atoms with Gasteiger partial charge in [-0.1, -0.05) is 17.3 Å². The summed E-state index contributed by atoms with van der Waals surface area (Å²) >= 11 is 0. The van der Waals surface area contributed by atoms with E-state index in [0.29, 0.717) is 39.7 Å². The number of aromatic nitrogens is 9. The summed E-state index contributed by atoms with van der Waals surface area (Å²) in [5, 5.41) is 19.2. The SMILES string of the molecule is COc1cc(-c2nn(C(C)c3cn(-c4ccccc4F)nn3)c3ncnc(N)c23)c2cnn(C)c2c1. The van der Waals surface area contributed by atoms with Gasteiger partial charge in [0.2, 0.25) is 0 Å². The van der Waals surface area contributed by atoms with Crippen LogP contribution in [-0.2, 0) is 7.05 Å². The zero-order valence-corrected chi connectivity index (χ0v) is 19.7. The van der Waals surface area contributed by atoms with E-state index in [-0.39, 0.29) is 0 Å². The van der Waals surface area contributed by atoms with E-state index < -0.39 is 11.9 Å². The summed E-state index contributed by atoms with van der Waals surface area (Å²) in [6.45, 7) is 1.91. The van der Waals surface area contributed by atoms with Crippen molar-refractivity contribution in [2.75, 3.05) is 12.8 Å². The van der Waals surface area contributed by atoms with Crippen LogP contribution in [0.25, 0.3) is 38.9 Å². The molecule has 180 valence electrons. The quantitative estimate of drug-likeness (QED) is 0.395. The van der Waals surface area contributed by atoms with E-state index in [1.165, 1.54) is 17.1 Å². The van der Waals surface area contributed by atoms with Crippen molar-refractivity contribution in [1.29, 1.82) is 0 Å². The van der Waals surface area contributed by atoms with E-state index in [1.54, 1.807) is 47.1 Å². The maximum Gasteiger partial charge on any atom is 0.164 e. The van der Waals surface area contributed by atoms with E-state index in [4.69, 9.17) is 15.6 Å². The zero-order chi connectivity index (χ0) is 25.0. The van der Waals surface area contributed by atoms with Crippen molar-refractivity contribution in [3.63, 3.8) is 0 Å². The van der Waals surface area contributed by atoms with E-state index in [0.717, 1.165) is 16.5 Å². The number of nitrogens with zero attached hydrogens (tertiary/aromatic N) is 9. The number of hydrogen-bond donors (Lipinski definition) is 1. The van der Waals surface area contributed by atoms with Gasteiger partial charge < -0.3 is 10.5 Å². The van der Waals surface area contributed by atoms with Crippen LogP contribution in [0.4, 0.5) is 10.2 Å². The fourth-order valence-electron chi connectivity index (χ4n) is 4.34. The Morgan fingerprint density at radius 2 is 1.97 bits per heavy atom. The Balaban J connectivity index is 1.53. The van der Waals surface area contributed by atoms with Crippen molar-refractivity contribution in [3.8, 4) is 22.7 Å². The van der Waals surface area contributed by atoms with Gasteiger partial charge in [0, 0.05) is 24.1 Å². The number of benzene rings is 2. The monoisotopic (exact) mass is 484 g/mol. The van der Waals surface area contributed by atoms with Gasteiger partial charge in [-0.25, -0.2) is 23.7 Å². The highest BCUT2D eigenvalue weighted by atomic mass is 19.1. The van der Waals surface area contributed by atoms with E-state index >= 15 is 0 Å². The number of nitrogen functional groups attached to an aromatic ring is 1. The average molecular weight is 484 g/mol. The van der Waals surface area contributed by atoms with E-state index in [2.05, 4.69) is 25.4 Å². The van der Waals surface area contributed by atoms with Crippen molar-refractivity contribution < 1.29 is 9.13 Å². The van der Waals surface area contributed by atoms with Crippen LogP contribution in [0.15, 0.2) is 55.1 Å². The molecule has 0 aliphatic rings. The van der Waals surface area contributed by atoms with Gasteiger partial charge in [-0.3, -0.25) is 4.68 Å². The largest absolute Gasteiger partial charge is 0.497 e. The van der Waals surface area contributed by atoms with Crippen LogP contribution in [-0.4, -0.2) is 51.6 Å². The molecule has 0 bridgehead atoms. The molecule has 2 N–H and O–H groups in total. The van der Waals surface area contributed by atoms with E-state index in [9.17, 15) is 4.39 Å². The molecule has 36 heavy (non-hydrogen) atoms. The van der Waals surface area contributed by atoms with Crippen molar-refractivity contribution in [3.05, 3.63) is 66.6 Å². The Hall–Kier alpha value is -4.87. The first-order valence-corrected chi connectivity index (χ1v) is 11.1. The maximum atomic E-state index is 14.3. The third-order valence-corrected chi connectivity index (χ3v) is 6.25. The molecule has 4 aromatic heterocycles. The molecule has 0 aliphatic carbocycles. The molecule has 0 saturated carbocycles. The second kappa shape index (κ2) is 8.12. The van der Waals surface area contributed by atoms with Crippen molar-refractivity contribution in [2.24, 2.45) is 7.05 Å². The molecule has 12 heteroatoms. The van der Waals surface area contributed by atoms with Crippen molar-refractivity contribution in [2.45, 2.75) is 13.0 Å². The molecular weight excluding hydrogens is 463 g/mol.